The van der Waals surface area contributed by atoms with E-state index in [1.807, 2.05) is 0 Å². The van der Waals surface area contributed by atoms with Gasteiger partial charge < -0.3 is 5.32 Å². The molecule has 134 valence electrons. The van der Waals surface area contributed by atoms with E-state index < -0.39 is 15.9 Å². The summed E-state index contributed by atoms with van der Waals surface area (Å²) in [6, 6.07) is 8.65. The summed E-state index contributed by atoms with van der Waals surface area (Å²) in [6.45, 7) is 0. The number of aromatic nitrogens is 2. The van der Waals surface area contributed by atoms with Crippen LogP contribution in [0.25, 0.3) is 0 Å². The number of sulfonamides is 1. The topological polar surface area (TPSA) is 101 Å². The van der Waals surface area contributed by atoms with Gasteiger partial charge >= 0.3 is 0 Å². The van der Waals surface area contributed by atoms with Crippen LogP contribution in [0.2, 0.25) is 8.67 Å². The molecule has 0 aliphatic heterocycles. The number of hydrogen-bond acceptors (Lipinski definition) is 6. The van der Waals surface area contributed by atoms with Gasteiger partial charge in [-0.2, -0.15) is 0 Å². The average molecular weight is 429 g/mol. The molecular formula is C15H10Cl2N4O3S2. The highest BCUT2D eigenvalue weighted by Crippen LogP contribution is 2.31. The summed E-state index contributed by atoms with van der Waals surface area (Å²) in [7, 11) is -3.84. The Labute approximate surface area is 163 Å². The maximum atomic E-state index is 12.3. The van der Waals surface area contributed by atoms with Crippen LogP contribution in [0, 0.1) is 0 Å². The summed E-state index contributed by atoms with van der Waals surface area (Å²) >= 11 is 12.8. The van der Waals surface area contributed by atoms with Gasteiger partial charge in [0.05, 0.1) is 14.8 Å². The van der Waals surface area contributed by atoms with E-state index in [1.54, 1.807) is 6.07 Å². The molecule has 0 aliphatic carbocycles. The zero-order valence-electron chi connectivity index (χ0n) is 12.8. The van der Waals surface area contributed by atoms with E-state index in [9.17, 15) is 13.2 Å². The molecule has 2 heterocycles. The van der Waals surface area contributed by atoms with Crippen molar-refractivity contribution in [3.8, 4) is 0 Å². The first kappa shape index (κ1) is 18.6. The Morgan fingerprint density at radius 1 is 1.08 bits per heavy atom. The number of rotatable bonds is 5. The molecule has 0 spiro atoms. The normalized spacial score (nSPS) is 11.2. The molecule has 0 aliphatic rings. The Morgan fingerprint density at radius 3 is 2.31 bits per heavy atom. The second kappa shape index (κ2) is 7.58. The van der Waals surface area contributed by atoms with Gasteiger partial charge in [0, 0.05) is 18.1 Å². The molecule has 3 rings (SSSR count). The summed E-state index contributed by atoms with van der Waals surface area (Å²) in [5.74, 6) is -0.474. The summed E-state index contributed by atoms with van der Waals surface area (Å²) in [6.07, 6.45) is 2.84. The molecule has 11 heteroatoms. The Kier molecular flexibility index (Phi) is 5.42. The number of nitrogens with zero attached hydrogens (tertiary/aromatic N) is 2. The van der Waals surface area contributed by atoms with Crippen LogP contribution in [0.5, 0.6) is 0 Å². The van der Waals surface area contributed by atoms with Crippen LogP contribution in [-0.4, -0.2) is 24.3 Å². The SMILES string of the molecule is O=C(Nc1ccc(S(=O)(=O)Nc2ncccn2)cc1)c1cc(Cl)sc1Cl. The zero-order chi connectivity index (χ0) is 18.7. The van der Waals surface area contributed by atoms with Gasteiger partial charge in [0.2, 0.25) is 5.95 Å². The fourth-order valence-electron chi connectivity index (χ4n) is 1.94. The van der Waals surface area contributed by atoms with Crippen molar-refractivity contribution in [3.05, 3.63) is 63.0 Å². The molecular weight excluding hydrogens is 419 g/mol. The van der Waals surface area contributed by atoms with Crippen LogP contribution in [-0.2, 0) is 10.0 Å². The molecule has 0 saturated heterocycles. The first-order valence-corrected chi connectivity index (χ1v) is 10.1. The van der Waals surface area contributed by atoms with Crippen molar-refractivity contribution < 1.29 is 13.2 Å². The summed E-state index contributed by atoms with van der Waals surface area (Å²) in [4.78, 5) is 19.8. The average Bonchev–Trinajstić information content (AvgIpc) is 2.94. The number of hydrogen-bond donors (Lipinski definition) is 2. The summed E-state index contributed by atoms with van der Waals surface area (Å²) in [5.41, 5.74) is 0.657. The number of thiophene rings is 1. The molecule has 1 aromatic carbocycles. The van der Waals surface area contributed by atoms with Crippen LogP contribution >= 0.6 is 34.5 Å². The molecule has 7 nitrogen and oxygen atoms in total. The van der Waals surface area contributed by atoms with Crippen molar-refractivity contribution in [1.29, 1.82) is 0 Å². The van der Waals surface area contributed by atoms with E-state index in [0.717, 1.165) is 11.3 Å². The van der Waals surface area contributed by atoms with Gasteiger partial charge in [-0.05, 0) is 36.4 Å². The fraction of sp³-hybridized carbons (Fsp3) is 0. The largest absolute Gasteiger partial charge is 0.322 e. The van der Waals surface area contributed by atoms with Crippen molar-refractivity contribution in [2.75, 3.05) is 10.0 Å². The van der Waals surface area contributed by atoms with Gasteiger partial charge in [0.25, 0.3) is 15.9 Å². The predicted molar refractivity (Wildman–Crippen MR) is 102 cm³/mol. The van der Waals surface area contributed by atoms with Crippen molar-refractivity contribution in [2.24, 2.45) is 0 Å². The third kappa shape index (κ3) is 4.31. The van der Waals surface area contributed by atoms with Gasteiger partial charge in [-0.25, -0.2) is 23.1 Å². The Balaban J connectivity index is 1.74. The Morgan fingerprint density at radius 2 is 1.73 bits per heavy atom. The molecule has 2 aromatic heterocycles. The second-order valence-corrected chi connectivity index (χ2v) is 8.86. The third-order valence-corrected chi connectivity index (χ3v) is 5.95. The summed E-state index contributed by atoms with van der Waals surface area (Å²) < 4.78 is 27.5. The number of halogens is 2. The van der Waals surface area contributed by atoms with Crippen LogP contribution in [0.3, 0.4) is 0 Å². The van der Waals surface area contributed by atoms with Gasteiger partial charge in [-0.3, -0.25) is 4.79 Å². The lowest BCUT2D eigenvalue weighted by Crippen LogP contribution is -2.15. The minimum Gasteiger partial charge on any atom is -0.322 e. The molecule has 0 bridgehead atoms. The molecule has 0 saturated carbocycles. The fourth-order valence-corrected chi connectivity index (χ4v) is 4.36. The lowest BCUT2D eigenvalue weighted by molar-refractivity contribution is 0.102. The third-order valence-electron chi connectivity index (χ3n) is 3.12. The van der Waals surface area contributed by atoms with Crippen LogP contribution in [0.4, 0.5) is 11.6 Å². The lowest BCUT2D eigenvalue weighted by Gasteiger charge is -2.08. The first-order chi connectivity index (χ1) is 12.3. The van der Waals surface area contributed by atoms with Gasteiger partial charge in [-0.15, -0.1) is 11.3 Å². The van der Waals surface area contributed by atoms with Gasteiger partial charge in [-0.1, -0.05) is 23.2 Å². The molecule has 0 atom stereocenters. The summed E-state index contributed by atoms with van der Waals surface area (Å²) in [5, 5.41) is 2.63. The molecule has 3 aromatic rings. The number of benzene rings is 1. The van der Waals surface area contributed by atoms with Crippen molar-refractivity contribution in [2.45, 2.75) is 4.90 Å². The van der Waals surface area contributed by atoms with Crippen molar-refractivity contribution >= 4 is 62.1 Å². The number of carbonyl (C=O) groups excluding carboxylic acids is 1. The highest BCUT2D eigenvalue weighted by atomic mass is 35.5. The second-order valence-electron chi connectivity index (χ2n) is 4.89. The molecule has 26 heavy (non-hydrogen) atoms. The van der Waals surface area contributed by atoms with Crippen LogP contribution < -0.4 is 10.0 Å². The Hall–Kier alpha value is -2.20. The standard InChI is InChI=1S/C15H10Cl2N4O3S2/c16-12-8-11(13(17)25-12)14(22)20-9-2-4-10(5-3-9)26(23,24)21-15-18-6-1-7-19-15/h1-8H,(H,20,22)(H,18,19,21). The molecule has 1 amide bonds. The lowest BCUT2D eigenvalue weighted by atomic mass is 10.3. The highest BCUT2D eigenvalue weighted by Gasteiger charge is 2.17. The zero-order valence-corrected chi connectivity index (χ0v) is 16.0. The number of nitrogens with one attached hydrogen (secondary N) is 2. The molecule has 0 unspecified atom stereocenters. The molecule has 2 N–H and O–H groups in total. The van der Waals surface area contributed by atoms with E-state index in [1.165, 1.54) is 42.7 Å². The van der Waals surface area contributed by atoms with E-state index in [4.69, 9.17) is 23.2 Å². The van der Waals surface area contributed by atoms with E-state index in [-0.39, 0.29) is 20.7 Å². The van der Waals surface area contributed by atoms with Gasteiger partial charge in [0.15, 0.2) is 0 Å². The molecule has 0 fully saturated rings. The first-order valence-electron chi connectivity index (χ1n) is 7.01. The van der Waals surface area contributed by atoms with Crippen LogP contribution in [0.15, 0.2) is 53.7 Å². The van der Waals surface area contributed by atoms with E-state index >= 15 is 0 Å². The number of anilines is 2. The minimum absolute atomic E-state index is 0.000405. The van der Waals surface area contributed by atoms with Gasteiger partial charge in [0.1, 0.15) is 4.34 Å². The highest BCUT2D eigenvalue weighted by molar-refractivity contribution is 7.92. The number of carbonyl (C=O) groups is 1. The van der Waals surface area contributed by atoms with E-state index in [0.29, 0.717) is 10.0 Å². The quantitative estimate of drug-likeness (QED) is 0.641. The minimum atomic E-state index is -3.84. The monoisotopic (exact) mass is 428 g/mol. The predicted octanol–water partition coefficient (Wildman–Crippen LogP) is 3.90. The van der Waals surface area contributed by atoms with Crippen LogP contribution in [0.1, 0.15) is 10.4 Å². The Bertz CT molecular complexity index is 1040. The molecule has 0 radical (unpaired) electrons. The smallest absolute Gasteiger partial charge is 0.264 e. The van der Waals surface area contributed by atoms with Crippen molar-refractivity contribution in [1.82, 2.24) is 9.97 Å². The number of amides is 1. The van der Waals surface area contributed by atoms with E-state index in [2.05, 4.69) is 20.0 Å². The maximum absolute atomic E-state index is 12.3. The maximum Gasteiger partial charge on any atom is 0.264 e. The van der Waals surface area contributed by atoms with Crippen molar-refractivity contribution in [3.63, 3.8) is 0 Å².